The van der Waals surface area contributed by atoms with Gasteiger partial charge in [0.25, 0.3) is 0 Å². The van der Waals surface area contributed by atoms with Crippen LogP contribution in [-0.2, 0) is 31.6 Å². The number of carbonyl (C=O) groups excluding carboxylic acids is 1. The molecule has 1 aromatic rings. The van der Waals surface area contributed by atoms with Gasteiger partial charge in [-0.3, -0.25) is 9.59 Å². The van der Waals surface area contributed by atoms with Crippen LogP contribution in [0.2, 0.25) is 0 Å². The Bertz CT molecular complexity index is 642. The van der Waals surface area contributed by atoms with Crippen LogP contribution in [0.5, 0.6) is 5.75 Å². The van der Waals surface area contributed by atoms with Crippen molar-refractivity contribution in [3.8, 4) is 5.75 Å². The Morgan fingerprint density at radius 3 is 1.89 bits per heavy atom. The lowest BCUT2D eigenvalue weighted by Gasteiger charge is -2.29. The summed E-state index contributed by atoms with van der Waals surface area (Å²) in [5.41, 5.74) is 2.22. The molecule has 0 saturated heterocycles. The minimum atomic E-state index is -1.19. The number of benzene rings is 1. The largest absolute Gasteiger partial charge is 0.507 e. The number of carbonyl (C=O) groups is 2. The molecule has 1 unspecified atom stereocenters. The number of aromatic hydroxyl groups is 1. The first-order valence-electron chi connectivity index (χ1n) is 9.53. The van der Waals surface area contributed by atoms with E-state index in [4.69, 9.17) is 9.84 Å². The SMILES string of the molecule is CCCC(Cc1cc(C(C)(C)C)c(O)c(C(C)(C)C)c1)OC(=O)CC(=O)O. The smallest absolute Gasteiger partial charge is 0.317 e. The van der Waals surface area contributed by atoms with Crippen molar-refractivity contribution in [1.82, 2.24) is 0 Å². The van der Waals surface area contributed by atoms with E-state index in [9.17, 15) is 14.7 Å². The number of hydrogen-bond acceptors (Lipinski definition) is 4. The average Bonchev–Trinajstić information content (AvgIpc) is 2.45. The quantitative estimate of drug-likeness (QED) is 0.530. The maximum Gasteiger partial charge on any atom is 0.317 e. The van der Waals surface area contributed by atoms with Crippen LogP contribution in [0.1, 0.15) is 84.4 Å². The number of ether oxygens (including phenoxy) is 1. The van der Waals surface area contributed by atoms with Gasteiger partial charge in [-0.1, -0.05) is 67.0 Å². The lowest BCUT2D eigenvalue weighted by atomic mass is 9.78. The van der Waals surface area contributed by atoms with Gasteiger partial charge in [0.05, 0.1) is 0 Å². The molecule has 152 valence electrons. The minimum absolute atomic E-state index is 0.236. The fourth-order valence-corrected chi connectivity index (χ4v) is 3.09. The maximum absolute atomic E-state index is 11.8. The molecular weight excluding hydrogens is 344 g/mol. The van der Waals surface area contributed by atoms with Gasteiger partial charge in [0.1, 0.15) is 18.3 Å². The second-order valence-corrected chi connectivity index (χ2v) is 9.21. The summed E-state index contributed by atoms with van der Waals surface area (Å²) in [6, 6.07) is 3.94. The summed E-state index contributed by atoms with van der Waals surface area (Å²) < 4.78 is 5.40. The number of phenols is 1. The molecule has 0 aromatic heterocycles. The van der Waals surface area contributed by atoms with Crippen LogP contribution in [-0.4, -0.2) is 28.3 Å². The molecule has 0 spiro atoms. The van der Waals surface area contributed by atoms with Crippen molar-refractivity contribution in [3.63, 3.8) is 0 Å². The molecule has 0 heterocycles. The first-order chi connectivity index (χ1) is 12.3. The van der Waals surface area contributed by atoms with Crippen molar-refractivity contribution in [2.24, 2.45) is 0 Å². The van der Waals surface area contributed by atoms with E-state index < -0.39 is 18.4 Å². The van der Waals surface area contributed by atoms with Crippen LogP contribution in [0.4, 0.5) is 0 Å². The molecular formula is C22H34O5. The molecule has 1 atom stereocenters. The molecule has 0 saturated carbocycles. The van der Waals surface area contributed by atoms with E-state index in [1.807, 2.05) is 19.1 Å². The van der Waals surface area contributed by atoms with Gasteiger partial charge in [-0.2, -0.15) is 0 Å². The minimum Gasteiger partial charge on any atom is -0.507 e. The van der Waals surface area contributed by atoms with Crippen molar-refractivity contribution in [3.05, 3.63) is 28.8 Å². The third-order valence-electron chi connectivity index (χ3n) is 4.45. The Kier molecular flexibility index (Phi) is 7.47. The fraction of sp³-hybridized carbons (Fsp3) is 0.636. The second kappa shape index (κ2) is 8.77. The summed E-state index contributed by atoms with van der Waals surface area (Å²) in [6.07, 6.45) is 0.956. The lowest BCUT2D eigenvalue weighted by Crippen LogP contribution is -2.23. The van der Waals surface area contributed by atoms with Crippen LogP contribution in [0.3, 0.4) is 0 Å². The van der Waals surface area contributed by atoms with Crippen LogP contribution < -0.4 is 0 Å². The molecule has 0 amide bonds. The molecule has 1 rings (SSSR count). The van der Waals surface area contributed by atoms with E-state index in [0.717, 1.165) is 23.1 Å². The highest BCUT2D eigenvalue weighted by Gasteiger charge is 2.27. The Hall–Kier alpha value is -2.04. The Morgan fingerprint density at radius 2 is 1.52 bits per heavy atom. The first kappa shape index (κ1) is 23.0. The highest BCUT2D eigenvalue weighted by atomic mass is 16.5. The third kappa shape index (κ3) is 6.89. The van der Waals surface area contributed by atoms with Crippen molar-refractivity contribution in [1.29, 1.82) is 0 Å². The molecule has 0 aliphatic heterocycles. The van der Waals surface area contributed by atoms with Gasteiger partial charge in [0.2, 0.25) is 0 Å². The Morgan fingerprint density at radius 1 is 1.04 bits per heavy atom. The molecule has 2 N–H and O–H groups in total. The summed E-state index contributed by atoms with van der Waals surface area (Å²) in [5.74, 6) is -1.59. The van der Waals surface area contributed by atoms with Gasteiger partial charge in [-0.05, 0) is 33.9 Å². The zero-order chi connectivity index (χ0) is 21.0. The van der Waals surface area contributed by atoms with Crippen LogP contribution in [0.15, 0.2) is 12.1 Å². The van der Waals surface area contributed by atoms with Crippen molar-refractivity contribution >= 4 is 11.9 Å². The molecule has 0 bridgehead atoms. The molecule has 0 aliphatic carbocycles. The monoisotopic (exact) mass is 378 g/mol. The normalized spacial score (nSPS) is 13.3. The van der Waals surface area contributed by atoms with E-state index in [-0.39, 0.29) is 16.9 Å². The first-order valence-corrected chi connectivity index (χ1v) is 9.53. The van der Waals surface area contributed by atoms with Crippen molar-refractivity contribution in [2.75, 3.05) is 0 Å². The summed E-state index contributed by atoms with van der Waals surface area (Å²) >= 11 is 0. The molecule has 1 aromatic carbocycles. The van der Waals surface area contributed by atoms with E-state index in [0.29, 0.717) is 18.6 Å². The van der Waals surface area contributed by atoms with E-state index in [2.05, 4.69) is 41.5 Å². The van der Waals surface area contributed by atoms with Gasteiger partial charge in [-0.15, -0.1) is 0 Å². The van der Waals surface area contributed by atoms with Gasteiger partial charge in [0.15, 0.2) is 0 Å². The number of rotatable bonds is 7. The number of esters is 1. The average molecular weight is 379 g/mol. The predicted molar refractivity (Wildman–Crippen MR) is 106 cm³/mol. The second-order valence-electron chi connectivity index (χ2n) is 9.21. The van der Waals surface area contributed by atoms with Crippen LogP contribution in [0.25, 0.3) is 0 Å². The lowest BCUT2D eigenvalue weighted by molar-refractivity contribution is -0.155. The molecule has 0 radical (unpaired) electrons. The van der Waals surface area contributed by atoms with Crippen LogP contribution in [0, 0.1) is 0 Å². The Balaban J connectivity index is 3.26. The number of carboxylic acids is 1. The van der Waals surface area contributed by atoms with E-state index >= 15 is 0 Å². The predicted octanol–water partition coefficient (Wildman–Crippen LogP) is 4.72. The number of aliphatic carboxylic acids is 1. The molecule has 27 heavy (non-hydrogen) atoms. The number of phenolic OH excluding ortho intramolecular Hbond substituents is 1. The highest BCUT2D eigenvalue weighted by molar-refractivity contribution is 5.90. The molecule has 5 heteroatoms. The van der Waals surface area contributed by atoms with Crippen molar-refractivity contribution in [2.45, 2.75) is 91.1 Å². The summed E-state index contributed by atoms with van der Waals surface area (Å²) in [4.78, 5) is 22.5. The van der Waals surface area contributed by atoms with Gasteiger partial charge >= 0.3 is 11.9 Å². The van der Waals surface area contributed by atoms with Gasteiger partial charge < -0.3 is 14.9 Å². The molecule has 0 fully saturated rings. The third-order valence-corrected chi connectivity index (χ3v) is 4.45. The zero-order valence-electron chi connectivity index (χ0n) is 17.7. The summed E-state index contributed by atoms with van der Waals surface area (Å²) in [7, 11) is 0. The fourth-order valence-electron chi connectivity index (χ4n) is 3.09. The van der Waals surface area contributed by atoms with Crippen molar-refractivity contribution < 1.29 is 24.5 Å². The van der Waals surface area contributed by atoms with Gasteiger partial charge in [0, 0.05) is 6.42 Å². The topological polar surface area (TPSA) is 83.8 Å². The zero-order valence-corrected chi connectivity index (χ0v) is 17.7. The summed E-state index contributed by atoms with van der Waals surface area (Å²) in [6.45, 7) is 14.3. The number of hydrogen-bond donors (Lipinski definition) is 2. The maximum atomic E-state index is 11.8. The van der Waals surface area contributed by atoms with E-state index in [1.165, 1.54) is 0 Å². The molecule has 0 aliphatic rings. The summed E-state index contributed by atoms with van der Waals surface area (Å²) in [5, 5.41) is 19.6. The molecule has 5 nitrogen and oxygen atoms in total. The standard InChI is InChI=1S/C22H34O5/c1-8-9-15(27-19(25)13-18(23)24)10-14-11-16(21(2,3)4)20(26)17(12-14)22(5,6)7/h11-12,15,26H,8-10,13H2,1-7H3,(H,23,24). The van der Waals surface area contributed by atoms with Gasteiger partial charge in [-0.25, -0.2) is 0 Å². The highest BCUT2D eigenvalue weighted by Crippen LogP contribution is 2.40. The van der Waals surface area contributed by atoms with E-state index in [1.54, 1.807) is 0 Å². The number of carboxylic acid groups (broad SMARTS) is 1. The Labute approximate surface area is 162 Å². The van der Waals surface area contributed by atoms with Crippen LogP contribution >= 0.6 is 0 Å².